The van der Waals surface area contributed by atoms with Gasteiger partial charge in [-0.05, 0) is 31.5 Å². The minimum Gasteiger partial charge on any atom is -0.467 e. The van der Waals surface area contributed by atoms with Gasteiger partial charge in [-0.1, -0.05) is 12.1 Å². The van der Waals surface area contributed by atoms with E-state index in [1.54, 1.807) is 19.0 Å². The predicted octanol–water partition coefficient (Wildman–Crippen LogP) is 3.66. The van der Waals surface area contributed by atoms with Crippen LogP contribution in [0, 0.1) is 0 Å². The summed E-state index contributed by atoms with van der Waals surface area (Å²) < 4.78 is 69.1. The average molecular weight is 440 g/mol. The number of carbonyl (C=O) groups excluding carboxylic acids is 2. The third kappa shape index (κ3) is 5.09. The number of nitrogens with one attached hydrogen (secondary N) is 1. The molecule has 0 saturated carbocycles. The number of esters is 1. The van der Waals surface area contributed by atoms with E-state index in [-0.39, 0.29) is 13.2 Å². The Bertz CT molecular complexity index is 759. The molecule has 0 fully saturated rings. The largest absolute Gasteiger partial charge is 0.467 e. The predicted molar refractivity (Wildman–Crippen MR) is 99.9 cm³/mol. The van der Waals surface area contributed by atoms with Gasteiger partial charge >= 0.3 is 25.4 Å². The topological polar surface area (TPSA) is 94.2 Å². The van der Waals surface area contributed by atoms with Crippen molar-refractivity contribution >= 4 is 24.9 Å². The van der Waals surface area contributed by atoms with Gasteiger partial charge in [0.2, 0.25) is 0 Å². The Balaban J connectivity index is 3.61. The van der Waals surface area contributed by atoms with Crippen LogP contribution in [-0.2, 0) is 28.7 Å². The lowest BCUT2D eigenvalue weighted by molar-refractivity contribution is -0.212. The van der Waals surface area contributed by atoms with E-state index >= 15 is 0 Å². The van der Waals surface area contributed by atoms with Crippen molar-refractivity contribution in [2.24, 2.45) is 0 Å². The molecule has 1 rings (SSSR count). The SMILES string of the molecule is CCOP(=O)(OCC)C(=O)NC(C(=O)OC)(c1ccc(N(C)C)cc1)C(F)(F)F. The Kier molecular flexibility index (Phi) is 8.25. The lowest BCUT2D eigenvalue weighted by Gasteiger charge is -2.35. The fourth-order valence-corrected chi connectivity index (χ4v) is 3.77. The van der Waals surface area contributed by atoms with E-state index in [0.29, 0.717) is 5.69 Å². The molecule has 0 aliphatic rings. The molecular formula is C17H24F3N2O6P. The van der Waals surface area contributed by atoms with Crippen LogP contribution in [-0.4, -0.2) is 52.2 Å². The van der Waals surface area contributed by atoms with E-state index in [2.05, 4.69) is 4.74 Å². The van der Waals surface area contributed by atoms with Crippen molar-refractivity contribution in [3.05, 3.63) is 29.8 Å². The molecule has 164 valence electrons. The summed E-state index contributed by atoms with van der Waals surface area (Å²) in [6, 6.07) is 4.70. The number of methoxy groups -OCH3 is 1. The first-order chi connectivity index (χ1) is 13.4. The summed E-state index contributed by atoms with van der Waals surface area (Å²) in [6.07, 6.45) is -5.33. The number of nitrogens with zero attached hydrogens (tertiary/aromatic N) is 1. The van der Waals surface area contributed by atoms with Crippen molar-refractivity contribution in [1.29, 1.82) is 0 Å². The van der Waals surface area contributed by atoms with Gasteiger partial charge in [0.1, 0.15) is 0 Å². The van der Waals surface area contributed by atoms with E-state index in [4.69, 9.17) is 9.05 Å². The van der Waals surface area contributed by atoms with Gasteiger partial charge in [-0.25, -0.2) is 9.36 Å². The molecule has 8 nitrogen and oxygen atoms in total. The maximum Gasteiger partial charge on any atom is 0.426 e. The van der Waals surface area contributed by atoms with Crippen LogP contribution in [0.4, 0.5) is 23.7 Å². The highest BCUT2D eigenvalue weighted by atomic mass is 31.2. The minimum absolute atomic E-state index is 0.264. The molecule has 0 aliphatic carbocycles. The number of carbonyl (C=O) groups is 2. The van der Waals surface area contributed by atoms with Crippen LogP contribution in [0.1, 0.15) is 19.4 Å². The quantitative estimate of drug-likeness (QED) is 0.463. The molecule has 0 saturated heterocycles. The van der Waals surface area contributed by atoms with Crippen molar-refractivity contribution in [2.75, 3.05) is 39.3 Å². The summed E-state index contributed by atoms with van der Waals surface area (Å²) in [5.41, 5.74) is -5.40. The average Bonchev–Trinajstić information content (AvgIpc) is 2.64. The number of halogens is 3. The molecule has 12 heteroatoms. The number of benzene rings is 1. The molecule has 1 N–H and O–H groups in total. The lowest BCUT2D eigenvalue weighted by Crippen LogP contribution is -2.61. The summed E-state index contributed by atoms with van der Waals surface area (Å²) in [5, 5.41) is 1.53. The van der Waals surface area contributed by atoms with Crippen LogP contribution in [0.15, 0.2) is 24.3 Å². The number of ether oxygens (including phenoxy) is 1. The van der Waals surface area contributed by atoms with Crippen LogP contribution >= 0.6 is 7.60 Å². The van der Waals surface area contributed by atoms with Crippen molar-refractivity contribution in [3.63, 3.8) is 0 Å². The molecule has 0 spiro atoms. The maximum absolute atomic E-state index is 14.2. The summed E-state index contributed by atoms with van der Waals surface area (Å²) in [5.74, 6) is -1.81. The number of anilines is 1. The van der Waals surface area contributed by atoms with E-state index in [0.717, 1.165) is 19.2 Å². The lowest BCUT2D eigenvalue weighted by atomic mass is 9.89. The van der Waals surface area contributed by atoms with Crippen molar-refractivity contribution in [2.45, 2.75) is 25.6 Å². The minimum atomic E-state index is -5.33. The first kappa shape index (κ1) is 24.9. The smallest absolute Gasteiger partial charge is 0.426 e. The molecule has 29 heavy (non-hydrogen) atoms. The van der Waals surface area contributed by atoms with Crippen molar-refractivity contribution in [3.8, 4) is 0 Å². The summed E-state index contributed by atoms with van der Waals surface area (Å²) in [4.78, 5) is 26.5. The molecule has 0 bridgehead atoms. The highest BCUT2D eigenvalue weighted by Crippen LogP contribution is 2.51. The molecule has 1 amide bonds. The Morgan fingerprint density at radius 1 is 1.07 bits per heavy atom. The molecule has 0 aromatic heterocycles. The molecule has 1 atom stereocenters. The molecule has 1 unspecified atom stereocenters. The molecular weight excluding hydrogens is 416 g/mol. The zero-order valence-corrected chi connectivity index (χ0v) is 17.6. The van der Waals surface area contributed by atoms with Crippen LogP contribution in [0.5, 0.6) is 0 Å². The summed E-state index contributed by atoms with van der Waals surface area (Å²) in [6.45, 7) is 2.24. The number of rotatable bonds is 9. The van der Waals surface area contributed by atoms with Gasteiger partial charge in [-0.3, -0.25) is 4.79 Å². The van der Waals surface area contributed by atoms with Gasteiger partial charge in [-0.2, -0.15) is 13.2 Å². The van der Waals surface area contributed by atoms with Gasteiger partial charge in [0, 0.05) is 19.8 Å². The molecule has 0 radical (unpaired) electrons. The Morgan fingerprint density at radius 3 is 1.90 bits per heavy atom. The van der Waals surface area contributed by atoms with E-state index < -0.39 is 36.5 Å². The highest BCUT2D eigenvalue weighted by Gasteiger charge is 2.65. The maximum atomic E-state index is 14.2. The second-order valence-corrected chi connectivity index (χ2v) is 7.86. The van der Waals surface area contributed by atoms with E-state index in [1.807, 2.05) is 0 Å². The fraction of sp³-hybridized carbons (Fsp3) is 0.529. The van der Waals surface area contributed by atoms with Crippen LogP contribution in [0.3, 0.4) is 0 Å². The number of alkyl halides is 3. The van der Waals surface area contributed by atoms with Gasteiger partial charge in [0.25, 0.3) is 5.54 Å². The highest BCUT2D eigenvalue weighted by molar-refractivity contribution is 7.71. The molecule has 0 heterocycles. The Hall–Kier alpha value is -2.10. The van der Waals surface area contributed by atoms with E-state index in [9.17, 15) is 27.3 Å². The Labute approximate surface area is 166 Å². The van der Waals surface area contributed by atoms with Gasteiger partial charge in [-0.15, -0.1) is 0 Å². The first-order valence-corrected chi connectivity index (χ1v) is 10.1. The van der Waals surface area contributed by atoms with E-state index in [1.165, 1.54) is 31.3 Å². The zero-order valence-electron chi connectivity index (χ0n) is 16.7. The third-order valence-electron chi connectivity index (χ3n) is 3.87. The van der Waals surface area contributed by atoms with Crippen molar-refractivity contribution in [1.82, 2.24) is 5.32 Å². The third-order valence-corrected chi connectivity index (χ3v) is 5.68. The fourth-order valence-electron chi connectivity index (χ4n) is 2.48. The second kappa shape index (κ2) is 9.60. The van der Waals surface area contributed by atoms with Crippen LogP contribution < -0.4 is 10.2 Å². The summed E-state index contributed by atoms with van der Waals surface area (Å²) in [7, 11) is -0.544. The molecule has 1 aromatic rings. The standard InChI is InChI=1S/C17H24F3N2O6P/c1-6-27-29(25,28-7-2)15(24)21-16(14(23)26-5,17(18,19)20)12-8-10-13(11-9-12)22(3)4/h8-11H,6-7H2,1-5H3,(H,21,24). The second-order valence-electron chi connectivity index (χ2n) is 5.94. The summed E-state index contributed by atoms with van der Waals surface area (Å²) >= 11 is 0. The van der Waals surface area contributed by atoms with Crippen LogP contribution in [0.25, 0.3) is 0 Å². The van der Waals surface area contributed by atoms with Gasteiger partial charge in [0.05, 0.1) is 20.3 Å². The first-order valence-electron chi connectivity index (χ1n) is 8.54. The van der Waals surface area contributed by atoms with Crippen LogP contribution in [0.2, 0.25) is 0 Å². The number of hydrogen-bond acceptors (Lipinski definition) is 7. The van der Waals surface area contributed by atoms with Gasteiger partial charge in [0.15, 0.2) is 0 Å². The number of amides is 1. The monoisotopic (exact) mass is 440 g/mol. The van der Waals surface area contributed by atoms with Gasteiger partial charge < -0.3 is 24.0 Å². The zero-order chi connectivity index (χ0) is 22.5. The Morgan fingerprint density at radius 2 is 1.55 bits per heavy atom. The number of hydrogen-bond donors (Lipinski definition) is 1. The normalized spacial score (nSPS) is 14.1. The molecule has 0 aliphatic heterocycles. The van der Waals surface area contributed by atoms with Crippen molar-refractivity contribution < 1.29 is 41.1 Å². The molecule has 1 aromatic carbocycles.